The van der Waals surface area contributed by atoms with Gasteiger partial charge in [-0.15, -0.1) is 0 Å². The van der Waals surface area contributed by atoms with Gasteiger partial charge in [0.25, 0.3) is 11.5 Å². The molecule has 8 heteroatoms. The van der Waals surface area contributed by atoms with Crippen LogP contribution in [0.4, 0.5) is 0 Å². The Kier molecular flexibility index (Phi) is 5.04. The fraction of sp³-hybridized carbons (Fsp3) is 0.455. The molecule has 0 spiro atoms. The number of H-pyrrole nitrogens is 2. The maximum absolute atomic E-state index is 11.6. The number of carboxylic acid groups (broad SMARTS) is 1. The Morgan fingerprint density at radius 2 is 2.05 bits per heavy atom. The summed E-state index contributed by atoms with van der Waals surface area (Å²) in [6.45, 7) is 2.06. The first-order chi connectivity index (χ1) is 8.88. The standard InChI is InChI=1S/C11H15N3O5/c1-6(2-3-9(16)17)5-12-10(18)7-4-8(15)14-11(19)13-7/h4,6H,2-3,5H2,1H3,(H,12,18)(H,16,17)(H2,13,14,15,19). The molecule has 1 atom stereocenters. The number of aromatic nitrogens is 2. The largest absolute Gasteiger partial charge is 0.481 e. The minimum atomic E-state index is -0.892. The molecule has 0 aliphatic heterocycles. The van der Waals surface area contributed by atoms with Crippen LogP contribution in [0.5, 0.6) is 0 Å². The maximum Gasteiger partial charge on any atom is 0.326 e. The van der Waals surface area contributed by atoms with Crippen LogP contribution in [0.1, 0.15) is 30.3 Å². The van der Waals surface area contributed by atoms with Crippen molar-refractivity contribution in [3.63, 3.8) is 0 Å². The number of rotatable bonds is 6. The van der Waals surface area contributed by atoms with E-state index in [0.29, 0.717) is 6.42 Å². The fourth-order valence-electron chi connectivity index (χ4n) is 1.43. The van der Waals surface area contributed by atoms with Gasteiger partial charge < -0.3 is 15.4 Å². The highest BCUT2D eigenvalue weighted by atomic mass is 16.4. The van der Waals surface area contributed by atoms with Crippen LogP contribution in [0, 0.1) is 5.92 Å². The van der Waals surface area contributed by atoms with Crippen molar-refractivity contribution in [2.45, 2.75) is 19.8 Å². The molecule has 0 saturated carbocycles. The van der Waals surface area contributed by atoms with Gasteiger partial charge in [0, 0.05) is 19.0 Å². The molecule has 0 radical (unpaired) electrons. The molecule has 0 aliphatic rings. The first kappa shape index (κ1) is 14.7. The SMILES string of the molecule is CC(CCC(=O)O)CNC(=O)c1cc(=O)[nH]c(=O)[nH]1. The van der Waals surface area contributed by atoms with Crippen LogP contribution in [0.25, 0.3) is 0 Å². The predicted octanol–water partition coefficient (Wildman–Crippen LogP) is -0.706. The second kappa shape index (κ2) is 6.53. The number of carbonyl (C=O) groups is 2. The molecule has 1 aromatic rings. The van der Waals surface area contributed by atoms with Crippen LogP contribution in [0.3, 0.4) is 0 Å². The van der Waals surface area contributed by atoms with Crippen molar-refractivity contribution in [1.29, 1.82) is 0 Å². The Labute approximate surface area is 107 Å². The molecule has 19 heavy (non-hydrogen) atoms. The average Bonchev–Trinajstić information content (AvgIpc) is 2.32. The molecule has 0 bridgehead atoms. The van der Waals surface area contributed by atoms with E-state index in [4.69, 9.17) is 5.11 Å². The molecule has 1 aromatic heterocycles. The predicted molar refractivity (Wildman–Crippen MR) is 66.1 cm³/mol. The average molecular weight is 269 g/mol. The van der Waals surface area contributed by atoms with Gasteiger partial charge >= 0.3 is 11.7 Å². The number of amides is 1. The van der Waals surface area contributed by atoms with Gasteiger partial charge in [0.05, 0.1) is 0 Å². The number of nitrogens with one attached hydrogen (secondary N) is 3. The van der Waals surface area contributed by atoms with Gasteiger partial charge in [0.1, 0.15) is 5.69 Å². The number of carbonyl (C=O) groups excluding carboxylic acids is 1. The molecular formula is C11H15N3O5. The molecule has 1 unspecified atom stereocenters. The van der Waals surface area contributed by atoms with E-state index in [1.54, 1.807) is 6.92 Å². The zero-order valence-electron chi connectivity index (χ0n) is 10.4. The molecule has 0 aromatic carbocycles. The summed E-state index contributed by atoms with van der Waals surface area (Å²) in [5, 5.41) is 11.0. The summed E-state index contributed by atoms with van der Waals surface area (Å²) >= 11 is 0. The maximum atomic E-state index is 11.6. The van der Waals surface area contributed by atoms with Crippen LogP contribution in [-0.2, 0) is 4.79 Å². The third-order valence-corrected chi connectivity index (χ3v) is 2.47. The normalized spacial score (nSPS) is 11.8. The van der Waals surface area contributed by atoms with E-state index in [0.717, 1.165) is 6.07 Å². The molecule has 1 rings (SSSR count). The Balaban J connectivity index is 2.53. The van der Waals surface area contributed by atoms with Crippen molar-refractivity contribution in [3.8, 4) is 0 Å². The van der Waals surface area contributed by atoms with Crippen molar-refractivity contribution in [2.24, 2.45) is 5.92 Å². The molecular weight excluding hydrogens is 254 g/mol. The number of aliphatic carboxylic acids is 1. The van der Waals surface area contributed by atoms with Gasteiger partial charge in [-0.3, -0.25) is 19.4 Å². The summed E-state index contributed by atoms with van der Waals surface area (Å²) in [5.74, 6) is -1.49. The molecule has 4 N–H and O–H groups in total. The summed E-state index contributed by atoms with van der Waals surface area (Å²) in [6, 6.07) is 0.985. The third-order valence-electron chi connectivity index (χ3n) is 2.47. The lowest BCUT2D eigenvalue weighted by atomic mass is 10.1. The minimum Gasteiger partial charge on any atom is -0.481 e. The van der Waals surface area contributed by atoms with Crippen LogP contribution < -0.4 is 16.6 Å². The van der Waals surface area contributed by atoms with E-state index < -0.39 is 23.1 Å². The highest BCUT2D eigenvalue weighted by Gasteiger charge is 2.10. The van der Waals surface area contributed by atoms with E-state index in [-0.39, 0.29) is 24.6 Å². The molecule has 0 fully saturated rings. The molecule has 8 nitrogen and oxygen atoms in total. The fourth-order valence-corrected chi connectivity index (χ4v) is 1.43. The van der Waals surface area contributed by atoms with Crippen LogP contribution in [-0.4, -0.2) is 33.5 Å². The highest BCUT2D eigenvalue weighted by molar-refractivity contribution is 5.91. The minimum absolute atomic E-state index is 0.0197. The quantitative estimate of drug-likeness (QED) is 0.541. The number of aromatic amines is 2. The zero-order valence-corrected chi connectivity index (χ0v) is 10.4. The molecule has 0 aliphatic carbocycles. The van der Waals surface area contributed by atoms with Crippen LogP contribution in [0.2, 0.25) is 0 Å². The summed E-state index contributed by atoms with van der Waals surface area (Å²) in [5.41, 5.74) is -1.54. The van der Waals surface area contributed by atoms with Crippen molar-refractivity contribution < 1.29 is 14.7 Å². The van der Waals surface area contributed by atoms with Gasteiger partial charge in [0.2, 0.25) is 0 Å². The van der Waals surface area contributed by atoms with Crippen molar-refractivity contribution >= 4 is 11.9 Å². The number of hydrogen-bond donors (Lipinski definition) is 4. The highest BCUT2D eigenvalue weighted by Crippen LogP contribution is 2.04. The van der Waals surface area contributed by atoms with Gasteiger partial charge in [0.15, 0.2) is 0 Å². The summed E-state index contributed by atoms with van der Waals surface area (Å²) in [4.78, 5) is 48.2. The van der Waals surface area contributed by atoms with Gasteiger partial charge in [-0.05, 0) is 12.3 Å². The lowest BCUT2D eigenvalue weighted by Gasteiger charge is -2.11. The second-order valence-corrected chi connectivity index (χ2v) is 4.25. The number of hydrogen-bond acceptors (Lipinski definition) is 4. The van der Waals surface area contributed by atoms with E-state index in [2.05, 4.69) is 10.3 Å². The Morgan fingerprint density at radius 3 is 2.63 bits per heavy atom. The van der Waals surface area contributed by atoms with E-state index in [1.807, 2.05) is 4.98 Å². The van der Waals surface area contributed by atoms with Crippen molar-refractivity contribution in [2.75, 3.05) is 6.54 Å². The second-order valence-electron chi connectivity index (χ2n) is 4.25. The molecule has 0 saturated heterocycles. The Hall–Kier alpha value is -2.38. The van der Waals surface area contributed by atoms with Crippen LogP contribution >= 0.6 is 0 Å². The summed E-state index contributed by atoms with van der Waals surface area (Å²) < 4.78 is 0. The number of carboxylic acids is 1. The third kappa shape index (κ3) is 5.19. The topological polar surface area (TPSA) is 132 Å². The van der Waals surface area contributed by atoms with Crippen molar-refractivity contribution in [1.82, 2.24) is 15.3 Å². The zero-order chi connectivity index (χ0) is 14.4. The lowest BCUT2D eigenvalue weighted by Crippen LogP contribution is -2.33. The van der Waals surface area contributed by atoms with Gasteiger partial charge in [-0.2, -0.15) is 0 Å². The first-order valence-corrected chi connectivity index (χ1v) is 5.72. The Bertz CT molecular complexity index is 546. The van der Waals surface area contributed by atoms with Crippen molar-refractivity contribution in [3.05, 3.63) is 32.6 Å². The molecule has 1 heterocycles. The van der Waals surface area contributed by atoms with Crippen LogP contribution in [0.15, 0.2) is 15.7 Å². The summed E-state index contributed by atoms with van der Waals surface area (Å²) in [7, 11) is 0. The van der Waals surface area contributed by atoms with Gasteiger partial charge in [-0.1, -0.05) is 6.92 Å². The van der Waals surface area contributed by atoms with E-state index in [9.17, 15) is 19.2 Å². The monoisotopic (exact) mass is 269 g/mol. The van der Waals surface area contributed by atoms with E-state index in [1.165, 1.54) is 0 Å². The smallest absolute Gasteiger partial charge is 0.326 e. The van der Waals surface area contributed by atoms with E-state index >= 15 is 0 Å². The lowest BCUT2D eigenvalue weighted by molar-refractivity contribution is -0.137. The Morgan fingerprint density at radius 1 is 1.37 bits per heavy atom. The van der Waals surface area contributed by atoms with Gasteiger partial charge in [-0.25, -0.2) is 4.79 Å². The molecule has 1 amide bonds. The summed E-state index contributed by atoms with van der Waals surface area (Å²) in [6.07, 6.45) is 0.459. The molecule has 104 valence electrons. The first-order valence-electron chi connectivity index (χ1n) is 5.72.